The molecule has 0 aromatic heterocycles. The molecule has 2 aromatic carbocycles. The van der Waals surface area contributed by atoms with Crippen molar-refractivity contribution in [1.82, 2.24) is 0 Å². The lowest BCUT2D eigenvalue weighted by molar-refractivity contribution is 0.564. The van der Waals surface area contributed by atoms with E-state index in [0.717, 1.165) is 0 Å². The molecule has 0 fully saturated rings. The van der Waals surface area contributed by atoms with E-state index in [4.69, 9.17) is 0 Å². The van der Waals surface area contributed by atoms with Crippen molar-refractivity contribution in [3.63, 3.8) is 0 Å². The molecule has 0 unspecified atom stereocenters. The van der Waals surface area contributed by atoms with Crippen LogP contribution in [0.1, 0.15) is 0 Å². The maximum Gasteiger partial charge on any atom is 0.240 e. The van der Waals surface area contributed by atoms with Gasteiger partial charge in [0, 0.05) is 0 Å². The molecule has 0 heterocycles. The molecule has 0 radical (unpaired) electrons. The second-order valence-corrected chi connectivity index (χ2v) is 3.85. The third-order valence-electron chi connectivity index (χ3n) is 2.36. The van der Waals surface area contributed by atoms with Gasteiger partial charge in [-0.1, -0.05) is 12.1 Å². The first kappa shape index (κ1) is 18.0. The van der Waals surface area contributed by atoms with Crippen LogP contribution in [0.3, 0.4) is 0 Å². The molecule has 2 rings (SSSR count). The SMILES string of the molecule is O=C=Nc1cccc(N=C=O)c1.O=C=Nc1cccc(N=C=O)c1. The van der Waals surface area contributed by atoms with Gasteiger partial charge in [0.1, 0.15) is 0 Å². The average Bonchev–Trinajstić information content (AvgIpc) is 2.58. The molecule has 0 N–H and O–H groups in total. The van der Waals surface area contributed by atoms with Gasteiger partial charge in [-0.25, -0.2) is 19.2 Å². The van der Waals surface area contributed by atoms with Crippen LogP contribution < -0.4 is 0 Å². The molecule has 0 bridgehead atoms. The van der Waals surface area contributed by atoms with E-state index in [9.17, 15) is 19.2 Å². The Bertz CT molecular complexity index is 758. The van der Waals surface area contributed by atoms with Crippen molar-refractivity contribution in [2.45, 2.75) is 0 Å². The highest BCUT2D eigenvalue weighted by atomic mass is 16.1. The minimum atomic E-state index is 0.418. The maximum atomic E-state index is 9.84. The fourth-order valence-corrected chi connectivity index (χ4v) is 1.48. The zero-order valence-electron chi connectivity index (χ0n) is 12.0. The van der Waals surface area contributed by atoms with Gasteiger partial charge >= 0.3 is 0 Å². The highest BCUT2D eigenvalue weighted by molar-refractivity contribution is 5.58. The van der Waals surface area contributed by atoms with E-state index in [0.29, 0.717) is 22.7 Å². The summed E-state index contributed by atoms with van der Waals surface area (Å²) in [6.07, 6.45) is 5.55. The van der Waals surface area contributed by atoms with Crippen molar-refractivity contribution in [2.24, 2.45) is 20.0 Å². The highest BCUT2D eigenvalue weighted by Crippen LogP contribution is 2.19. The van der Waals surface area contributed by atoms with Gasteiger partial charge < -0.3 is 0 Å². The first-order valence-corrected chi connectivity index (χ1v) is 6.25. The van der Waals surface area contributed by atoms with Crippen LogP contribution in [0, 0.1) is 0 Å². The van der Waals surface area contributed by atoms with Gasteiger partial charge in [0.25, 0.3) is 0 Å². The molecule has 0 saturated heterocycles. The largest absolute Gasteiger partial charge is 0.240 e. The smallest absolute Gasteiger partial charge is 0.211 e. The molecule has 0 aliphatic heterocycles. The van der Waals surface area contributed by atoms with Crippen LogP contribution in [0.25, 0.3) is 0 Å². The summed E-state index contributed by atoms with van der Waals surface area (Å²) in [5, 5.41) is 0. The quantitative estimate of drug-likeness (QED) is 0.634. The van der Waals surface area contributed by atoms with Crippen molar-refractivity contribution in [3.05, 3.63) is 48.5 Å². The van der Waals surface area contributed by atoms with Crippen LogP contribution in [-0.2, 0) is 19.2 Å². The first-order chi connectivity index (χ1) is 11.7. The fraction of sp³-hybridized carbons (Fsp3) is 0. The van der Waals surface area contributed by atoms with Gasteiger partial charge in [-0.05, 0) is 36.4 Å². The maximum absolute atomic E-state index is 9.84. The number of hydrogen-bond donors (Lipinski definition) is 0. The van der Waals surface area contributed by atoms with Gasteiger partial charge in [-0.2, -0.15) is 20.0 Å². The van der Waals surface area contributed by atoms with Crippen molar-refractivity contribution in [2.75, 3.05) is 0 Å². The van der Waals surface area contributed by atoms with E-state index in [1.54, 1.807) is 36.4 Å². The van der Waals surface area contributed by atoms with E-state index in [1.165, 1.54) is 36.5 Å². The Morgan fingerprint density at radius 1 is 0.500 bits per heavy atom. The zero-order valence-corrected chi connectivity index (χ0v) is 12.0. The molecule has 0 saturated carbocycles. The monoisotopic (exact) mass is 320 g/mol. The fourth-order valence-electron chi connectivity index (χ4n) is 1.48. The minimum absolute atomic E-state index is 0.418. The van der Waals surface area contributed by atoms with E-state index in [-0.39, 0.29) is 0 Å². The molecule has 24 heavy (non-hydrogen) atoms. The van der Waals surface area contributed by atoms with Crippen LogP contribution in [-0.4, -0.2) is 24.3 Å². The van der Waals surface area contributed by atoms with Gasteiger partial charge in [-0.3, -0.25) is 0 Å². The molecule has 0 aliphatic carbocycles. The van der Waals surface area contributed by atoms with E-state index >= 15 is 0 Å². The lowest BCUT2D eigenvalue weighted by Gasteiger charge is -1.90. The first-order valence-electron chi connectivity index (χ1n) is 6.25. The number of isocyanates is 4. The molecule has 0 spiro atoms. The van der Waals surface area contributed by atoms with Gasteiger partial charge in [-0.15, -0.1) is 0 Å². The van der Waals surface area contributed by atoms with Crippen LogP contribution in [0.2, 0.25) is 0 Å². The summed E-state index contributed by atoms with van der Waals surface area (Å²) < 4.78 is 0. The Balaban J connectivity index is 0.000000240. The Labute approximate surface area is 135 Å². The minimum Gasteiger partial charge on any atom is -0.211 e. The summed E-state index contributed by atoms with van der Waals surface area (Å²) >= 11 is 0. The summed E-state index contributed by atoms with van der Waals surface area (Å²) in [4.78, 5) is 52.8. The number of rotatable bonds is 4. The summed E-state index contributed by atoms with van der Waals surface area (Å²) in [7, 11) is 0. The molecule has 8 heteroatoms. The van der Waals surface area contributed by atoms with E-state index in [1.807, 2.05) is 0 Å². The third-order valence-corrected chi connectivity index (χ3v) is 2.36. The van der Waals surface area contributed by atoms with Crippen LogP contribution in [0.15, 0.2) is 68.5 Å². The molecule has 0 amide bonds. The number of nitrogens with zero attached hydrogens (tertiary/aromatic N) is 4. The standard InChI is InChI=1S/2C8H4N2O2/c2*11-5-9-7-2-1-3-8(4-7)10-6-12/h2*1-4H. The molecule has 116 valence electrons. The van der Waals surface area contributed by atoms with Gasteiger partial charge in [0.05, 0.1) is 22.7 Å². The lowest BCUT2D eigenvalue weighted by atomic mass is 10.3. The molecule has 0 atom stereocenters. The van der Waals surface area contributed by atoms with Crippen LogP contribution >= 0.6 is 0 Å². The van der Waals surface area contributed by atoms with Crippen molar-refractivity contribution in [1.29, 1.82) is 0 Å². The second-order valence-electron chi connectivity index (χ2n) is 3.85. The molecule has 2 aromatic rings. The Hall–Kier alpha value is -4.04. The predicted octanol–water partition coefficient (Wildman–Crippen LogP) is 3.24. The number of benzene rings is 2. The Kier molecular flexibility index (Phi) is 7.99. The Morgan fingerprint density at radius 2 is 0.750 bits per heavy atom. The lowest BCUT2D eigenvalue weighted by Crippen LogP contribution is -1.64. The number of carbonyl (C=O) groups excluding carboxylic acids is 4. The van der Waals surface area contributed by atoms with Crippen LogP contribution in [0.5, 0.6) is 0 Å². The summed E-state index contributed by atoms with van der Waals surface area (Å²) in [5.74, 6) is 0. The van der Waals surface area contributed by atoms with Crippen molar-refractivity contribution >= 4 is 47.1 Å². The predicted molar refractivity (Wildman–Crippen MR) is 84.0 cm³/mol. The third kappa shape index (κ3) is 6.61. The van der Waals surface area contributed by atoms with Crippen molar-refractivity contribution in [3.8, 4) is 0 Å². The normalized spacial score (nSPS) is 8.00. The summed E-state index contributed by atoms with van der Waals surface area (Å²) in [5.41, 5.74) is 1.67. The molecular weight excluding hydrogens is 312 g/mol. The topological polar surface area (TPSA) is 118 Å². The Morgan fingerprint density at radius 3 is 0.958 bits per heavy atom. The molecule has 0 aliphatic rings. The zero-order chi connectivity index (χ0) is 17.6. The average molecular weight is 320 g/mol. The number of hydrogen-bond acceptors (Lipinski definition) is 8. The van der Waals surface area contributed by atoms with Crippen molar-refractivity contribution < 1.29 is 19.2 Å². The summed E-state index contributed by atoms with van der Waals surface area (Å²) in [6.45, 7) is 0. The second kappa shape index (κ2) is 10.7. The van der Waals surface area contributed by atoms with E-state index < -0.39 is 0 Å². The molecular formula is C16H8N4O4. The van der Waals surface area contributed by atoms with Gasteiger partial charge in [0.2, 0.25) is 24.3 Å². The van der Waals surface area contributed by atoms with E-state index in [2.05, 4.69) is 20.0 Å². The number of aliphatic imine (C=N–C) groups is 4. The van der Waals surface area contributed by atoms with Gasteiger partial charge in [0.15, 0.2) is 0 Å². The van der Waals surface area contributed by atoms with Crippen LogP contribution in [0.4, 0.5) is 22.7 Å². The summed E-state index contributed by atoms with van der Waals surface area (Å²) in [6, 6.07) is 12.6. The molecule has 8 nitrogen and oxygen atoms in total. The highest BCUT2D eigenvalue weighted by Gasteiger charge is 1.91.